The first kappa shape index (κ1) is 24.1. The number of nitrogens with zero attached hydrogens (tertiary/aromatic N) is 1. The Morgan fingerprint density at radius 3 is 2.57 bits per heavy atom. The number of aryl methyl sites for hydroxylation is 1. The number of H-pyrrole nitrogens is 1. The second-order valence-corrected chi connectivity index (χ2v) is 10.4. The Morgan fingerprint density at radius 1 is 1.14 bits per heavy atom. The van der Waals surface area contributed by atoms with Crippen LogP contribution in [0.3, 0.4) is 0 Å². The maximum Gasteiger partial charge on any atom is 0.254 e. The lowest BCUT2D eigenvalue weighted by Gasteiger charge is -2.35. The Balaban J connectivity index is 1.31. The third kappa shape index (κ3) is 5.03. The molecule has 186 valence electrons. The van der Waals surface area contributed by atoms with Gasteiger partial charge >= 0.3 is 0 Å². The summed E-state index contributed by atoms with van der Waals surface area (Å²) in [6, 6.07) is 10.9. The number of ether oxygens (including phenoxy) is 1. The van der Waals surface area contributed by atoms with Crippen LogP contribution in [0.1, 0.15) is 53.0 Å². The molecule has 3 N–H and O–H groups in total. The number of hydrogen-bond donors (Lipinski definition) is 3. The number of pyridine rings is 1. The normalized spacial score (nSPS) is 20.7. The highest BCUT2D eigenvalue weighted by Crippen LogP contribution is 2.31. The maximum atomic E-state index is 13.3. The molecule has 5 rings (SSSR count). The molecule has 0 bridgehead atoms. The number of benzene rings is 1. The summed E-state index contributed by atoms with van der Waals surface area (Å²) in [5, 5.41) is 7.94. The first-order valence-electron chi connectivity index (χ1n) is 12.5. The van der Waals surface area contributed by atoms with Gasteiger partial charge in [-0.25, -0.2) is 0 Å². The smallest absolute Gasteiger partial charge is 0.254 e. The molecule has 2 fully saturated rings. The zero-order valence-electron chi connectivity index (χ0n) is 20.3. The van der Waals surface area contributed by atoms with E-state index in [1.54, 1.807) is 13.0 Å². The van der Waals surface area contributed by atoms with Crippen LogP contribution in [0.5, 0.6) is 0 Å². The molecule has 1 amide bonds. The molecule has 3 aromatic rings. The molecule has 0 unspecified atom stereocenters. The molecule has 1 aliphatic heterocycles. The van der Waals surface area contributed by atoms with E-state index >= 15 is 0 Å². The summed E-state index contributed by atoms with van der Waals surface area (Å²) in [6.07, 6.45) is 4.71. The quantitative estimate of drug-likeness (QED) is 0.460. The van der Waals surface area contributed by atoms with Gasteiger partial charge in [-0.1, -0.05) is 29.8 Å². The lowest BCUT2D eigenvalue weighted by molar-refractivity contribution is -0.0128. The number of carbonyl (C=O) groups excluding carboxylic acids is 1. The van der Waals surface area contributed by atoms with Crippen LogP contribution in [0.4, 0.5) is 0 Å². The highest BCUT2D eigenvalue weighted by molar-refractivity contribution is 6.31. The van der Waals surface area contributed by atoms with Crippen molar-refractivity contribution in [2.75, 3.05) is 13.2 Å². The van der Waals surface area contributed by atoms with Crippen LogP contribution in [-0.2, 0) is 17.8 Å². The average molecular weight is 497 g/mol. The van der Waals surface area contributed by atoms with Gasteiger partial charge in [0.25, 0.3) is 11.5 Å². The summed E-state index contributed by atoms with van der Waals surface area (Å²) in [6.45, 7) is 6.45. The molecule has 35 heavy (non-hydrogen) atoms. The Labute approximate surface area is 210 Å². The molecule has 1 aromatic carbocycles. The zero-order valence-corrected chi connectivity index (χ0v) is 21.1. The molecule has 7 nitrogen and oxygen atoms in total. The van der Waals surface area contributed by atoms with Crippen molar-refractivity contribution in [2.24, 2.45) is 5.92 Å². The van der Waals surface area contributed by atoms with Crippen LogP contribution < -0.4 is 16.2 Å². The molecule has 2 aliphatic rings. The minimum atomic E-state index is -0.274. The van der Waals surface area contributed by atoms with Crippen molar-refractivity contribution in [3.8, 4) is 0 Å². The van der Waals surface area contributed by atoms with Gasteiger partial charge in [0, 0.05) is 34.9 Å². The van der Waals surface area contributed by atoms with Crippen LogP contribution in [0.15, 0.2) is 35.1 Å². The van der Waals surface area contributed by atoms with Gasteiger partial charge in [-0.3, -0.25) is 9.59 Å². The van der Waals surface area contributed by atoms with Crippen molar-refractivity contribution < 1.29 is 9.53 Å². The van der Waals surface area contributed by atoms with Crippen molar-refractivity contribution >= 4 is 28.4 Å². The van der Waals surface area contributed by atoms with E-state index in [9.17, 15) is 9.59 Å². The summed E-state index contributed by atoms with van der Waals surface area (Å²) < 4.78 is 7.59. The Morgan fingerprint density at radius 2 is 1.89 bits per heavy atom. The fraction of sp³-hybridized carbons (Fsp3) is 0.481. The third-order valence-corrected chi connectivity index (χ3v) is 7.83. The van der Waals surface area contributed by atoms with Crippen LogP contribution in [0.2, 0.25) is 5.02 Å². The molecule has 2 aromatic heterocycles. The number of carbonyl (C=O) groups is 1. The predicted molar refractivity (Wildman–Crippen MR) is 138 cm³/mol. The van der Waals surface area contributed by atoms with Gasteiger partial charge in [0.1, 0.15) is 0 Å². The van der Waals surface area contributed by atoms with Gasteiger partial charge in [-0.05, 0) is 57.6 Å². The SMILES string of the molecule is Cc1cc(Cl)c(CNC(=O)c2c(C)n(CC3CCC(NC4COC4)CC3)c3ccccc23)c(=O)[nH]1. The fourth-order valence-electron chi connectivity index (χ4n) is 5.49. The van der Waals surface area contributed by atoms with Crippen LogP contribution >= 0.6 is 11.6 Å². The molecule has 3 heterocycles. The number of para-hydroxylation sites is 1. The largest absolute Gasteiger partial charge is 0.378 e. The lowest BCUT2D eigenvalue weighted by atomic mass is 9.85. The first-order chi connectivity index (χ1) is 16.9. The number of fused-ring (bicyclic) bond motifs is 1. The van der Waals surface area contributed by atoms with Crippen LogP contribution in [-0.4, -0.2) is 40.8 Å². The number of aromatic amines is 1. The monoisotopic (exact) mass is 496 g/mol. The molecular weight excluding hydrogens is 464 g/mol. The maximum absolute atomic E-state index is 13.3. The molecular formula is C27H33ClN4O3. The van der Waals surface area contributed by atoms with Crippen LogP contribution in [0.25, 0.3) is 10.9 Å². The van der Waals surface area contributed by atoms with E-state index in [0.717, 1.165) is 36.4 Å². The first-order valence-corrected chi connectivity index (χ1v) is 12.9. The van der Waals surface area contributed by atoms with E-state index in [2.05, 4.69) is 26.3 Å². The summed E-state index contributed by atoms with van der Waals surface area (Å²) in [4.78, 5) is 28.4. The summed E-state index contributed by atoms with van der Waals surface area (Å²) in [5.74, 6) is 0.394. The minimum absolute atomic E-state index is 0.0786. The van der Waals surface area contributed by atoms with Gasteiger partial charge in [-0.15, -0.1) is 0 Å². The van der Waals surface area contributed by atoms with Crippen molar-refractivity contribution in [2.45, 2.75) is 64.7 Å². The van der Waals surface area contributed by atoms with Crippen molar-refractivity contribution in [3.63, 3.8) is 0 Å². The van der Waals surface area contributed by atoms with E-state index in [1.807, 2.05) is 25.1 Å². The number of aromatic nitrogens is 2. The van der Waals surface area contributed by atoms with E-state index < -0.39 is 0 Å². The molecule has 1 aliphatic carbocycles. The summed E-state index contributed by atoms with van der Waals surface area (Å²) in [7, 11) is 0. The van der Waals surface area contributed by atoms with Gasteiger partial charge in [0.2, 0.25) is 0 Å². The van der Waals surface area contributed by atoms with Gasteiger partial charge in [0.15, 0.2) is 0 Å². The predicted octanol–water partition coefficient (Wildman–Crippen LogP) is 4.08. The number of nitrogens with one attached hydrogen (secondary N) is 3. The van der Waals surface area contributed by atoms with E-state index in [0.29, 0.717) is 39.8 Å². The van der Waals surface area contributed by atoms with Crippen molar-refractivity contribution in [1.29, 1.82) is 0 Å². The summed E-state index contributed by atoms with van der Waals surface area (Å²) >= 11 is 6.27. The van der Waals surface area contributed by atoms with Gasteiger partial charge in [-0.2, -0.15) is 0 Å². The number of hydrogen-bond acceptors (Lipinski definition) is 4. The lowest BCUT2D eigenvalue weighted by Crippen LogP contribution is -2.51. The van der Waals surface area contributed by atoms with E-state index in [1.165, 1.54) is 25.7 Å². The molecule has 0 atom stereocenters. The molecule has 0 radical (unpaired) electrons. The molecule has 8 heteroatoms. The third-order valence-electron chi connectivity index (χ3n) is 7.50. The Hall–Kier alpha value is -2.61. The van der Waals surface area contributed by atoms with Crippen molar-refractivity contribution in [3.05, 3.63) is 68.2 Å². The topological polar surface area (TPSA) is 88.2 Å². The summed E-state index contributed by atoms with van der Waals surface area (Å²) in [5.41, 5.74) is 3.49. The van der Waals surface area contributed by atoms with E-state index in [4.69, 9.17) is 16.3 Å². The highest BCUT2D eigenvalue weighted by atomic mass is 35.5. The second-order valence-electron chi connectivity index (χ2n) is 10.00. The average Bonchev–Trinajstić information content (AvgIpc) is 3.08. The Kier molecular flexibility index (Phi) is 7.00. The number of halogens is 1. The number of amides is 1. The Bertz CT molecular complexity index is 1290. The standard InChI is InChI=1S/C27H33ClN4O3/c1-16-11-23(28)22(26(33)30-16)12-29-27(34)25-17(2)32(24-6-4-3-5-21(24)25)13-18-7-9-19(10-8-18)31-20-14-35-15-20/h3-6,11,18-20,31H,7-10,12-15H2,1-2H3,(H,29,34)(H,30,33). The highest BCUT2D eigenvalue weighted by Gasteiger charge is 2.28. The molecule has 0 spiro atoms. The van der Waals surface area contributed by atoms with Crippen LogP contribution in [0, 0.1) is 19.8 Å². The minimum Gasteiger partial charge on any atom is -0.378 e. The number of rotatable bonds is 7. The fourth-order valence-corrected chi connectivity index (χ4v) is 5.80. The zero-order chi connectivity index (χ0) is 24.5. The van der Waals surface area contributed by atoms with Crippen molar-refractivity contribution in [1.82, 2.24) is 20.2 Å². The molecule has 1 saturated carbocycles. The second kappa shape index (κ2) is 10.2. The molecule has 1 saturated heterocycles. The van der Waals surface area contributed by atoms with E-state index in [-0.39, 0.29) is 18.0 Å². The van der Waals surface area contributed by atoms with Gasteiger partial charge in [0.05, 0.1) is 41.9 Å². The van der Waals surface area contributed by atoms with Gasteiger partial charge < -0.3 is 24.9 Å².